The maximum atomic E-state index is 11.8. The highest BCUT2D eigenvalue weighted by molar-refractivity contribution is 5.93. The lowest BCUT2D eigenvalue weighted by molar-refractivity contribution is 0.0951. The molecule has 4 N–H and O–H groups in total. The monoisotopic (exact) mass is 294 g/mol. The Bertz CT molecular complexity index is 570. The molecule has 1 saturated carbocycles. The summed E-state index contributed by atoms with van der Waals surface area (Å²) < 4.78 is 0. The number of rotatable bonds is 5. The van der Waals surface area contributed by atoms with Crippen molar-refractivity contribution in [2.24, 2.45) is 0 Å². The number of amides is 1. The van der Waals surface area contributed by atoms with Crippen LogP contribution in [0.5, 0.6) is 0 Å². The Morgan fingerprint density at radius 2 is 1.86 bits per heavy atom. The summed E-state index contributed by atoms with van der Waals surface area (Å²) in [7, 11) is 0. The molecule has 0 unspecified atom stereocenters. The van der Waals surface area contributed by atoms with Crippen LogP contribution < -0.4 is 21.9 Å². The first-order valence-corrected chi connectivity index (χ1v) is 7.50. The van der Waals surface area contributed by atoms with Crippen LogP contribution in [-0.2, 0) is 0 Å². The third-order valence-corrected chi connectivity index (χ3v) is 3.76. The molecular formula is C14H22N4O3. The third-order valence-electron chi connectivity index (χ3n) is 3.76. The highest BCUT2D eigenvalue weighted by Crippen LogP contribution is 2.16. The molecular weight excluding hydrogens is 272 g/mol. The van der Waals surface area contributed by atoms with Crippen LogP contribution >= 0.6 is 0 Å². The van der Waals surface area contributed by atoms with Gasteiger partial charge in [0.2, 0.25) is 0 Å². The van der Waals surface area contributed by atoms with Crippen molar-refractivity contribution in [3.05, 3.63) is 32.6 Å². The Labute approximate surface area is 122 Å². The standard InChI is InChI=1S/C14H22N4O3/c19-12(11-9-17-14(21)18-13(11)20)16-8-7-15-10-5-3-1-2-4-6-10/h9-10,15H,1-8H2,(H,16,19)(H2,17,18,20,21). The van der Waals surface area contributed by atoms with E-state index >= 15 is 0 Å². The molecule has 0 spiro atoms. The van der Waals surface area contributed by atoms with Crippen molar-refractivity contribution in [3.8, 4) is 0 Å². The summed E-state index contributed by atoms with van der Waals surface area (Å²) in [4.78, 5) is 38.4. The zero-order valence-corrected chi connectivity index (χ0v) is 12.0. The molecule has 7 nitrogen and oxygen atoms in total. The van der Waals surface area contributed by atoms with E-state index in [1.54, 1.807) is 0 Å². The predicted octanol–water partition coefficient (Wildman–Crippen LogP) is 0.105. The normalized spacial score (nSPS) is 16.4. The summed E-state index contributed by atoms with van der Waals surface area (Å²) in [6.45, 7) is 1.13. The minimum absolute atomic E-state index is 0.0796. The van der Waals surface area contributed by atoms with E-state index in [1.807, 2.05) is 4.98 Å². The molecule has 7 heteroatoms. The fourth-order valence-corrected chi connectivity index (χ4v) is 2.61. The van der Waals surface area contributed by atoms with E-state index in [2.05, 4.69) is 15.6 Å². The van der Waals surface area contributed by atoms with Gasteiger partial charge in [-0.05, 0) is 12.8 Å². The second kappa shape index (κ2) is 7.78. The van der Waals surface area contributed by atoms with Crippen molar-refractivity contribution in [1.29, 1.82) is 0 Å². The fourth-order valence-electron chi connectivity index (χ4n) is 2.61. The maximum Gasteiger partial charge on any atom is 0.325 e. The summed E-state index contributed by atoms with van der Waals surface area (Å²) in [6.07, 6.45) is 8.65. The number of hydrogen-bond acceptors (Lipinski definition) is 4. The van der Waals surface area contributed by atoms with Gasteiger partial charge < -0.3 is 15.6 Å². The Balaban J connectivity index is 1.74. The van der Waals surface area contributed by atoms with E-state index in [0.717, 1.165) is 6.20 Å². The Morgan fingerprint density at radius 1 is 1.14 bits per heavy atom. The molecule has 2 rings (SSSR count). The van der Waals surface area contributed by atoms with Crippen molar-refractivity contribution in [2.75, 3.05) is 13.1 Å². The average Bonchev–Trinajstić information content (AvgIpc) is 2.72. The highest BCUT2D eigenvalue weighted by Gasteiger charge is 2.12. The molecule has 1 aromatic rings. The lowest BCUT2D eigenvalue weighted by atomic mass is 10.1. The first-order chi connectivity index (χ1) is 10.2. The Hall–Kier alpha value is -1.89. The van der Waals surface area contributed by atoms with Gasteiger partial charge in [-0.1, -0.05) is 25.7 Å². The van der Waals surface area contributed by atoms with Gasteiger partial charge in [-0.15, -0.1) is 0 Å². The summed E-state index contributed by atoms with van der Waals surface area (Å²) in [6, 6.07) is 0.529. The molecule has 1 heterocycles. The molecule has 1 fully saturated rings. The van der Waals surface area contributed by atoms with Gasteiger partial charge in [0.05, 0.1) is 0 Å². The number of carbonyl (C=O) groups is 1. The van der Waals surface area contributed by atoms with Gasteiger partial charge in [0.15, 0.2) is 0 Å². The number of hydrogen-bond donors (Lipinski definition) is 4. The first-order valence-electron chi connectivity index (χ1n) is 7.50. The number of aromatic nitrogens is 2. The van der Waals surface area contributed by atoms with E-state index in [9.17, 15) is 14.4 Å². The third kappa shape index (κ3) is 4.86. The number of H-pyrrole nitrogens is 2. The van der Waals surface area contributed by atoms with Crippen molar-refractivity contribution >= 4 is 5.91 Å². The quantitative estimate of drug-likeness (QED) is 0.456. The lowest BCUT2D eigenvalue weighted by Gasteiger charge is -2.16. The first kappa shape index (κ1) is 15.5. The Kier molecular flexibility index (Phi) is 5.74. The molecule has 1 aromatic heterocycles. The number of carbonyl (C=O) groups excluding carboxylic acids is 1. The second-order valence-corrected chi connectivity index (χ2v) is 5.38. The molecule has 1 aliphatic carbocycles. The van der Waals surface area contributed by atoms with Gasteiger partial charge in [-0.25, -0.2) is 4.79 Å². The molecule has 0 radical (unpaired) electrons. The predicted molar refractivity (Wildman–Crippen MR) is 79.5 cm³/mol. The van der Waals surface area contributed by atoms with Crippen molar-refractivity contribution in [1.82, 2.24) is 20.6 Å². The molecule has 0 aromatic carbocycles. The Morgan fingerprint density at radius 3 is 2.52 bits per heavy atom. The zero-order chi connectivity index (χ0) is 15.1. The maximum absolute atomic E-state index is 11.8. The van der Waals surface area contributed by atoms with Gasteiger partial charge in [0, 0.05) is 25.3 Å². The van der Waals surface area contributed by atoms with Crippen LogP contribution in [-0.4, -0.2) is 35.0 Å². The minimum Gasteiger partial charge on any atom is -0.351 e. The summed E-state index contributed by atoms with van der Waals surface area (Å²) in [5.74, 6) is -0.477. The average molecular weight is 294 g/mol. The molecule has 1 aliphatic rings. The zero-order valence-electron chi connectivity index (χ0n) is 12.0. The van der Waals surface area contributed by atoms with Gasteiger partial charge in [-0.3, -0.25) is 14.6 Å². The van der Waals surface area contributed by atoms with Gasteiger partial charge >= 0.3 is 5.69 Å². The lowest BCUT2D eigenvalue weighted by Crippen LogP contribution is -2.39. The van der Waals surface area contributed by atoms with Crippen LogP contribution in [0.2, 0.25) is 0 Å². The minimum atomic E-state index is -0.673. The highest BCUT2D eigenvalue weighted by atomic mass is 16.2. The van der Waals surface area contributed by atoms with Crippen LogP contribution in [0.3, 0.4) is 0 Å². The van der Waals surface area contributed by atoms with E-state index in [-0.39, 0.29) is 5.56 Å². The molecule has 116 valence electrons. The van der Waals surface area contributed by atoms with Gasteiger partial charge in [0.1, 0.15) is 5.56 Å². The SMILES string of the molecule is O=C(NCCNC1CCCCCC1)c1c[nH]c(=O)[nH]c1=O. The van der Waals surface area contributed by atoms with Crippen LogP contribution in [0.1, 0.15) is 48.9 Å². The van der Waals surface area contributed by atoms with E-state index in [4.69, 9.17) is 0 Å². The van der Waals surface area contributed by atoms with Crippen molar-refractivity contribution < 1.29 is 4.79 Å². The topological polar surface area (TPSA) is 107 Å². The summed E-state index contributed by atoms with van der Waals surface area (Å²) >= 11 is 0. The van der Waals surface area contributed by atoms with E-state index in [1.165, 1.54) is 38.5 Å². The largest absolute Gasteiger partial charge is 0.351 e. The second-order valence-electron chi connectivity index (χ2n) is 5.38. The molecule has 0 atom stereocenters. The van der Waals surface area contributed by atoms with Crippen LogP contribution in [0.25, 0.3) is 0 Å². The number of aromatic amines is 2. The molecule has 0 aliphatic heterocycles. The molecule has 21 heavy (non-hydrogen) atoms. The van der Waals surface area contributed by atoms with E-state index in [0.29, 0.717) is 19.1 Å². The van der Waals surface area contributed by atoms with Crippen molar-refractivity contribution in [2.45, 2.75) is 44.6 Å². The summed E-state index contributed by atoms with van der Waals surface area (Å²) in [5.41, 5.74) is -1.37. The van der Waals surface area contributed by atoms with Crippen LogP contribution in [0, 0.1) is 0 Å². The van der Waals surface area contributed by atoms with Crippen LogP contribution in [0.15, 0.2) is 15.8 Å². The van der Waals surface area contributed by atoms with Crippen LogP contribution in [0.4, 0.5) is 0 Å². The van der Waals surface area contributed by atoms with Gasteiger partial charge in [-0.2, -0.15) is 0 Å². The summed E-state index contributed by atoms with van der Waals surface area (Å²) in [5, 5.41) is 6.10. The molecule has 1 amide bonds. The number of nitrogens with one attached hydrogen (secondary N) is 4. The fraction of sp³-hybridized carbons (Fsp3) is 0.643. The smallest absolute Gasteiger partial charge is 0.325 e. The van der Waals surface area contributed by atoms with E-state index < -0.39 is 17.2 Å². The van der Waals surface area contributed by atoms with Gasteiger partial charge in [0.25, 0.3) is 11.5 Å². The molecule has 0 bridgehead atoms. The van der Waals surface area contributed by atoms with Crippen molar-refractivity contribution in [3.63, 3.8) is 0 Å². The molecule has 0 saturated heterocycles.